The standard InChI is InChI=1S/C4H7N3O3S/c8-1-2-11(9,10)4-5-3-6-7-4/h3,8H,1-2H2,(H,5,6,7). The Bertz CT molecular complexity index is 303. The predicted octanol–water partition coefficient (Wildman–Crippen LogP) is -1.43. The number of nitrogens with zero attached hydrogens (tertiary/aromatic N) is 2. The van der Waals surface area contributed by atoms with E-state index in [0.29, 0.717) is 0 Å². The Hall–Kier alpha value is -0.950. The highest BCUT2D eigenvalue weighted by atomic mass is 32.2. The molecule has 0 aliphatic rings. The van der Waals surface area contributed by atoms with E-state index in [-0.39, 0.29) is 10.9 Å². The van der Waals surface area contributed by atoms with E-state index in [9.17, 15) is 8.42 Å². The van der Waals surface area contributed by atoms with Crippen LogP contribution in [0.2, 0.25) is 0 Å². The van der Waals surface area contributed by atoms with Gasteiger partial charge in [-0.15, -0.1) is 0 Å². The summed E-state index contributed by atoms with van der Waals surface area (Å²) < 4.78 is 22.0. The quantitative estimate of drug-likeness (QED) is 0.590. The van der Waals surface area contributed by atoms with Crippen LogP contribution < -0.4 is 0 Å². The molecule has 1 rings (SSSR count). The smallest absolute Gasteiger partial charge is 0.243 e. The van der Waals surface area contributed by atoms with E-state index in [1.54, 1.807) is 0 Å². The fourth-order valence-electron chi connectivity index (χ4n) is 0.561. The molecule has 0 saturated carbocycles. The molecule has 0 amide bonds. The number of aliphatic hydroxyl groups excluding tert-OH is 1. The summed E-state index contributed by atoms with van der Waals surface area (Å²) in [5.74, 6) is -0.331. The lowest BCUT2D eigenvalue weighted by Crippen LogP contribution is -2.11. The average molecular weight is 177 g/mol. The van der Waals surface area contributed by atoms with Crippen LogP contribution in [0.5, 0.6) is 0 Å². The second-order valence-corrected chi connectivity index (χ2v) is 3.86. The van der Waals surface area contributed by atoms with E-state index < -0.39 is 16.4 Å². The minimum atomic E-state index is -3.45. The zero-order valence-electron chi connectivity index (χ0n) is 5.56. The van der Waals surface area contributed by atoms with Crippen molar-refractivity contribution in [2.75, 3.05) is 12.4 Å². The summed E-state index contributed by atoms with van der Waals surface area (Å²) in [6.45, 7) is -0.414. The molecule has 11 heavy (non-hydrogen) atoms. The highest BCUT2D eigenvalue weighted by molar-refractivity contribution is 7.91. The molecule has 6 nitrogen and oxygen atoms in total. The van der Waals surface area contributed by atoms with Crippen LogP contribution in [-0.4, -0.2) is 41.1 Å². The number of hydrogen-bond acceptors (Lipinski definition) is 5. The van der Waals surface area contributed by atoms with Gasteiger partial charge < -0.3 is 5.11 Å². The lowest BCUT2D eigenvalue weighted by Gasteiger charge is -1.94. The number of nitrogens with one attached hydrogen (secondary N) is 1. The second-order valence-electron chi connectivity index (χ2n) is 1.83. The first-order valence-corrected chi connectivity index (χ1v) is 4.51. The Morgan fingerprint density at radius 1 is 1.64 bits per heavy atom. The summed E-state index contributed by atoms with van der Waals surface area (Å²) in [5, 5.41) is 13.7. The summed E-state index contributed by atoms with van der Waals surface area (Å²) in [6, 6.07) is 0. The van der Waals surface area contributed by atoms with Crippen molar-refractivity contribution in [2.45, 2.75) is 5.16 Å². The fraction of sp³-hybridized carbons (Fsp3) is 0.500. The van der Waals surface area contributed by atoms with E-state index in [4.69, 9.17) is 5.11 Å². The molecule has 0 saturated heterocycles. The van der Waals surface area contributed by atoms with Crippen LogP contribution in [-0.2, 0) is 9.84 Å². The van der Waals surface area contributed by atoms with Crippen LogP contribution in [0.15, 0.2) is 11.5 Å². The molecule has 62 valence electrons. The third-order valence-corrected chi connectivity index (χ3v) is 2.55. The monoisotopic (exact) mass is 177 g/mol. The lowest BCUT2D eigenvalue weighted by molar-refractivity contribution is 0.319. The van der Waals surface area contributed by atoms with Crippen molar-refractivity contribution >= 4 is 9.84 Å². The lowest BCUT2D eigenvalue weighted by atomic mass is 10.9. The molecule has 0 fully saturated rings. The number of hydrogen-bond donors (Lipinski definition) is 2. The Morgan fingerprint density at radius 3 is 2.82 bits per heavy atom. The number of rotatable bonds is 3. The third kappa shape index (κ3) is 1.75. The van der Waals surface area contributed by atoms with Gasteiger partial charge in [0.25, 0.3) is 0 Å². The topological polar surface area (TPSA) is 95.9 Å². The van der Waals surface area contributed by atoms with Crippen LogP contribution in [0.1, 0.15) is 0 Å². The molecular formula is C4H7N3O3S. The Kier molecular flexibility index (Phi) is 2.20. The normalized spacial score (nSPS) is 11.7. The SMILES string of the molecule is O=S(=O)(CCO)c1ncn[nH]1. The van der Waals surface area contributed by atoms with Crippen molar-refractivity contribution in [1.82, 2.24) is 15.2 Å². The molecule has 0 radical (unpaired) electrons. The van der Waals surface area contributed by atoms with E-state index in [2.05, 4.69) is 15.2 Å². The van der Waals surface area contributed by atoms with Crippen molar-refractivity contribution in [3.8, 4) is 0 Å². The van der Waals surface area contributed by atoms with Gasteiger partial charge in [-0.2, -0.15) is 5.10 Å². The summed E-state index contributed by atoms with van der Waals surface area (Å²) in [7, 11) is -3.45. The maximum absolute atomic E-state index is 11.0. The summed E-state index contributed by atoms with van der Waals surface area (Å²) in [5.41, 5.74) is 0. The zero-order chi connectivity index (χ0) is 8.32. The van der Waals surface area contributed by atoms with Gasteiger partial charge in [-0.25, -0.2) is 13.4 Å². The first kappa shape index (κ1) is 8.15. The molecule has 0 atom stereocenters. The van der Waals surface area contributed by atoms with Crippen LogP contribution in [0.4, 0.5) is 0 Å². The maximum atomic E-state index is 11.0. The van der Waals surface area contributed by atoms with Crippen LogP contribution in [0, 0.1) is 0 Å². The van der Waals surface area contributed by atoms with Crippen molar-refractivity contribution in [3.63, 3.8) is 0 Å². The molecule has 2 N–H and O–H groups in total. The number of aromatic nitrogens is 3. The summed E-state index contributed by atoms with van der Waals surface area (Å²) in [6.07, 6.45) is 1.10. The van der Waals surface area contributed by atoms with E-state index in [1.807, 2.05) is 0 Å². The van der Waals surface area contributed by atoms with Crippen molar-refractivity contribution in [1.29, 1.82) is 0 Å². The van der Waals surface area contributed by atoms with Gasteiger partial charge in [-0.3, -0.25) is 5.10 Å². The molecule has 0 bridgehead atoms. The molecule has 1 aromatic heterocycles. The van der Waals surface area contributed by atoms with Gasteiger partial charge in [0.15, 0.2) is 0 Å². The van der Waals surface area contributed by atoms with E-state index in [0.717, 1.165) is 6.33 Å². The van der Waals surface area contributed by atoms with Gasteiger partial charge in [0, 0.05) is 0 Å². The fourth-order valence-corrected chi connectivity index (χ4v) is 1.39. The van der Waals surface area contributed by atoms with Gasteiger partial charge in [0.2, 0.25) is 15.0 Å². The molecule has 0 aliphatic carbocycles. The highest BCUT2D eigenvalue weighted by Crippen LogP contribution is 2.00. The Labute approximate surface area is 63.2 Å². The second kappa shape index (κ2) is 2.97. The number of sulfone groups is 1. The highest BCUT2D eigenvalue weighted by Gasteiger charge is 2.15. The Balaban J connectivity index is 2.92. The zero-order valence-corrected chi connectivity index (χ0v) is 6.37. The first-order valence-electron chi connectivity index (χ1n) is 2.86. The molecule has 7 heteroatoms. The van der Waals surface area contributed by atoms with Gasteiger partial charge in [0.1, 0.15) is 6.33 Å². The van der Waals surface area contributed by atoms with Gasteiger partial charge >= 0.3 is 0 Å². The first-order chi connectivity index (χ1) is 5.17. The molecule has 0 spiro atoms. The maximum Gasteiger partial charge on any atom is 0.243 e. The van der Waals surface area contributed by atoms with Gasteiger partial charge in [0.05, 0.1) is 12.4 Å². The van der Waals surface area contributed by atoms with Crippen LogP contribution >= 0.6 is 0 Å². The van der Waals surface area contributed by atoms with Crippen molar-refractivity contribution in [3.05, 3.63) is 6.33 Å². The van der Waals surface area contributed by atoms with Crippen LogP contribution in [0.3, 0.4) is 0 Å². The minimum Gasteiger partial charge on any atom is -0.395 e. The average Bonchev–Trinajstić information content (AvgIpc) is 2.37. The number of aromatic amines is 1. The molecular weight excluding hydrogens is 170 g/mol. The van der Waals surface area contributed by atoms with E-state index >= 15 is 0 Å². The van der Waals surface area contributed by atoms with Crippen molar-refractivity contribution in [2.24, 2.45) is 0 Å². The van der Waals surface area contributed by atoms with E-state index in [1.165, 1.54) is 0 Å². The molecule has 1 aromatic rings. The van der Waals surface area contributed by atoms with Gasteiger partial charge in [-0.1, -0.05) is 0 Å². The number of H-pyrrole nitrogens is 1. The molecule has 0 aromatic carbocycles. The third-order valence-electron chi connectivity index (χ3n) is 1.05. The van der Waals surface area contributed by atoms with Gasteiger partial charge in [-0.05, 0) is 0 Å². The molecule has 0 aliphatic heterocycles. The Morgan fingerprint density at radius 2 is 2.36 bits per heavy atom. The minimum absolute atomic E-state index is 0.202. The van der Waals surface area contributed by atoms with Crippen molar-refractivity contribution < 1.29 is 13.5 Å². The largest absolute Gasteiger partial charge is 0.395 e. The van der Waals surface area contributed by atoms with Crippen LogP contribution in [0.25, 0.3) is 0 Å². The summed E-state index contributed by atoms with van der Waals surface area (Å²) >= 11 is 0. The molecule has 1 heterocycles. The number of aliphatic hydroxyl groups is 1. The summed E-state index contributed by atoms with van der Waals surface area (Å²) in [4.78, 5) is 3.44. The molecule has 0 unspecified atom stereocenters. The predicted molar refractivity (Wildman–Crippen MR) is 35.5 cm³/mol.